The molecule has 4 nitrogen and oxygen atoms in total. The van der Waals surface area contributed by atoms with Crippen molar-refractivity contribution in [2.75, 3.05) is 11.9 Å². The highest BCUT2D eigenvalue weighted by molar-refractivity contribution is 7.15. The number of hydrogen-bond donors (Lipinski definition) is 1. The summed E-state index contributed by atoms with van der Waals surface area (Å²) in [5.74, 6) is 0.459. The van der Waals surface area contributed by atoms with Crippen LogP contribution in [0.3, 0.4) is 0 Å². The third kappa shape index (κ3) is 4.66. The van der Waals surface area contributed by atoms with Crippen molar-refractivity contribution >= 4 is 22.4 Å². The third-order valence-corrected chi connectivity index (χ3v) is 4.05. The van der Waals surface area contributed by atoms with Crippen LogP contribution in [0.4, 0.5) is 5.13 Å². The van der Waals surface area contributed by atoms with Gasteiger partial charge in [-0.3, -0.25) is 10.1 Å². The van der Waals surface area contributed by atoms with E-state index < -0.39 is 0 Å². The second-order valence-corrected chi connectivity index (χ2v) is 6.06. The Bertz CT molecular complexity index is 757. The maximum absolute atomic E-state index is 11.9. The molecule has 5 heteroatoms. The largest absolute Gasteiger partial charge is 0.484 e. The van der Waals surface area contributed by atoms with Gasteiger partial charge in [0.1, 0.15) is 5.75 Å². The number of nitrogens with one attached hydrogen (secondary N) is 1. The van der Waals surface area contributed by atoms with Crippen molar-refractivity contribution in [1.82, 2.24) is 4.98 Å². The highest BCUT2D eigenvalue weighted by atomic mass is 32.1. The smallest absolute Gasteiger partial charge is 0.264 e. The number of rotatable bonds is 6. The van der Waals surface area contributed by atoms with Crippen molar-refractivity contribution in [3.05, 3.63) is 77.3 Å². The highest BCUT2D eigenvalue weighted by Crippen LogP contribution is 2.21. The lowest BCUT2D eigenvalue weighted by Crippen LogP contribution is -2.19. The monoisotopic (exact) mass is 324 g/mol. The number of para-hydroxylation sites is 1. The average molecular weight is 324 g/mol. The number of ether oxygens (including phenoxy) is 1. The number of thiazole rings is 1. The molecule has 0 aliphatic carbocycles. The van der Waals surface area contributed by atoms with Crippen LogP contribution in [-0.4, -0.2) is 17.5 Å². The van der Waals surface area contributed by atoms with Crippen LogP contribution in [0, 0.1) is 0 Å². The lowest BCUT2D eigenvalue weighted by Gasteiger charge is -2.05. The summed E-state index contributed by atoms with van der Waals surface area (Å²) in [6, 6.07) is 19.4. The van der Waals surface area contributed by atoms with Crippen LogP contribution in [0.25, 0.3) is 0 Å². The minimum absolute atomic E-state index is 0.0301. The molecule has 1 N–H and O–H groups in total. The molecule has 0 aliphatic heterocycles. The van der Waals surface area contributed by atoms with Gasteiger partial charge >= 0.3 is 0 Å². The molecule has 0 atom stereocenters. The van der Waals surface area contributed by atoms with Gasteiger partial charge in [-0.05, 0) is 17.7 Å². The molecule has 3 aromatic rings. The van der Waals surface area contributed by atoms with Gasteiger partial charge in [0.2, 0.25) is 0 Å². The molecule has 116 valence electrons. The number of carbonyl (C=O) groups excluding carboxylic acids is 1. The Morgan fingerprint density at radius 1 is 1.04 bits per heavy atom. The van der Waals surface area contributed by atoms with Crippen LogP contribution in [0.5, 0.6) is 5.75 Å². The topological polar surface area (TPSA) is 51.2 Å². The maximum Gasteiger partial charge on any atom is 0.264 e. The predicted octanol–water partition coefficient (Wildman–Crippen LogP) is 3.75. The van der Waals surface area contributed by atoms with Gasteiger partial charge in [-0.25, -0.2) is 4.98 Å². The molecule has 2 aromatic carbocycles. The number of aromatic nitrogens is 1. The van der Waals surface area contributed by atoms with E-state index in [1.165, 1.54) is 16.9 Å². The van der Waals surface area contributed by atoms with Crippen molar-refractivity contribution in [1.29, 1.82) is 0 Å². The quantitative estimate of drug-likeness (QED) is 0.751. The Kier molecular flexibility index (Phi) is 5.01. The first-order chi connectivity index (χ1) is 11.3. The van der Waals surface area contributed by atoms with Crippen LogP contribution >= 0.6 is 11.3 Å². The fraction of sp³-hybridized carbons (Fsp3) is 0.111. The van der Waals surface area contributed by atoms with Crippen LogP contribution in [0.1, 0.15) is 10.4 Å². The van der Waals surface area contributed by atoms with Crippen molar-refractivity contribution in [3.63, 3.8) is 0 Å². The van der Waals surface area contributed by atoms with Gasteiger partial charge in [0.05, 0.1) is 0 Å². The van der Waals surface area contributed by atoms with Gasteiger partial charge in [-0.1, -0.05) is 48.5 Å². The Labute approximate surface area is 138 Å². The zero-order chi connectivity index (χ0) is 15.9. The fourth-order valence-electron chi connectivity index (χ4n) is 2.07. The van der Waals surface area contributed by atoms with Gasteiger partial charge in [-0.15, -0.1) is 11.3 Å². The first kappa shape index (κ1) is 15.2. The van der Waals surface area contributed by atoms with Gasteiger partial charge in [0.15, 0.2) is 11.7 Å². The minimum atomic E-state index is -0.213. The molecule has 0 radical (unpaired) electrons. The zero-order valence-electron chi connectivity index (χ0n) is 12.4. The number of nitrogens with zero attached hydrogens (tertiary/aromatic N) is 1. The fourth-order valence-corrected chi connectivity index (χ4v) is 2.93. The number of hydrogen-bond acceptors (Lipinski definition) is 4. The van der Waals surface area contributed by atoms with Crippen molar-refractivity contribution < 1.29 is 9.53 Å². The Morgan fingerprint density at radius 2 is 1.74 bits per heavy atom. The molecule has 0 fully saturated rings. The second-order valence-electron chi connectivity index (χ2n) is 4.94. The first-order valence-electron chi connectivity index (χ1n) is 7.26. The molecular weight excluding hydrogens is 308 g/mol. The Morgan fingerprint density at radius 3 is 2.48 bits per heavy atom. The minimum Gasteiger partial charge on any atom is -0.484 e. The lowest BCUT2D eigenvalue weighted by atomic mass is 10.1. The van der Waals surface area contributed by atoms with E-state index in [9.17, 15) is 4.79 Å². The van der Waals surface area contributed by atoms with Gasteiger partial charge in [-0.2, -0.15) is 0 Å². The van der Waals surface area contributed by atoms with E-state index in [2.05, 4.69) is 22.4 Å². The maximum atomic E-state index is 11.9. The van der Waals surface area contributed by atoms with E-state index in [0.717, 1.165) is 11.3 Å². The molecule has 1 aromatic heterocycles. The Hall–Kier alpha value is -2.66. The number of benzene rings is 2. The highest BCUT2D eigenvalue weighted by Gasteiger charge is 2.08. The summed E-state index contributed by atoms with van der Waals surface area (Å²) in [6.45, 7) is -0.0301. The van der Waals surface area contributed by atoms with E-state index in [1.807, 2.05) is 48.5 Å². The van der Waals surface area contributed by atoms with Crippen molar-refractivity contribution in [2.45, 2.75) is 6.42 Å². The molecular formula is C18H16N2O2S. The molecule has 1 heterocycles. The molecule has 0 spiro atoms. The van der Waals surface area contributed by atoms with E-state index in [-0.39, 0.29) is 12.5 Å². The standard InChI is InChI=1S/C18H16N2O2S/c21-17(13-22-15-9-5-2-6-10-15)20-18-19-12-16(23-18)11-14-7-3-1-4-8-14/h1-10,12H,11,13H2,(H,19,20,21). The lowest BCUT2D eigenvalue weighted by molar-refractivity contribution is -0.118. The van der Waals surface area contributed by atoms with Crippen LogP contribution in [-0.2, 0) is 11.2 Å². The molecule has 0 bridgehead atoms. The van der Waals surface area contributed by atoms with Gasteiger partial charge < -0.3 is 4.74 Å². The van der Waals surface area contributed by atoms with Crippen LogP contribution < -0.4 is 10.1 Å². The molecule has 23 heavy (non-hydrogen) atoms. The molecule has 0 saturated heterocycles. The summed E-state index contributed by atoms with van der Waals surface area (Å²) >= 11 is 1.48. The SMILES string of the molecule is O=C(COc1ccccc1)Nc1ncc(Cc2ccccc2)s1. The second kappa shape index (κ2) is 7.56. The zero-order valence-corrected chi connectivity index (χ0v) is 13.3. The molecule has 0 unspecified atom stereocenters. The summed E-state index contributed by atoms with van der Waals surface area (Å²) in [4.78, 5) is 17.2. The Balaban J connectivity index is 1.51. The molecule has 1 amide bonds. The number of anilines is 1. The summed E-state index contributed by atoms with van der Waals surface area (Å²) < 4.78 is 5.41. The third-order valence-electron chi connectivity index (χ3n) is 3.13. The van der Waals surface area contributed by atoms with Gasteiger partial charge in [0.25, 0.3) is 5.91 Å². The summed E-state index contributed by atoms with van der Waals surface area (Å²) in [6.07, 6.45) is 2.61. The van der Waals surface area contributed by atoms with Crippen molar-refractivity contribution in [2.24, 2.45) is 0 Å². The van der Waals surface area contributed by atoms with E-state index in [4.69, 9.17) is 4.74 Å². The molecule has 0 aliphatic rings. The van der Waals surface area contributed by atoms with E-state index >= 15 is 0 Å². The number of carbonyl (C=O) groups is 1. The summed E-state index contributed by atoms with van der Waals surface area (Å²) in [5.41, 5.74) is 1.22. The van der Waals surface area contributed by atoms with Crippen LogP contribution in [0.15, 0.2) is 66.9 Å². The van der Waals surface area contributed by atoms with E-state index in [1.54, 1.807) is 6.20 Å². The summed E-state index contributed by atoms with van der Waals surface area (Å²) in [7, 11) is 0. The number of amides is 1. The first-order valence-corrected chi connectivity index (χ1v) is 8.07. The van der Waals surface area contributed by atoms with Crippen molar-refractivity contribution in [3.8, 4) is 5.75 Å². The van der Waals surface area contributed by atoms with Crippen LogP contribution in [0.2, 0.25) is 0 Å². The predicted molar refractivity (Wildman–Crippen MR) is 91.9 cm³/mol. The van der Waals surface area contributed by atoms with Gasteiger partial charge in [0, 0.05) is 17.5 Å². The average Bonchev–Trinajstić information content (AvgIpc) is 3.02. The van der Waals surface area contributed by atoms with E-state index in [0.29, 0.717) is 10.9 Å². The normalized spacial score (nSPS) is 10.3. The molecule has 3 rings (SSSR count). The molecule has 0 saturated carbocycles. The summed E-state index contributed by atoms with van der Waals surface area (Å²) in [5, 5.41) is 3.36.